The molecule has 0 aromatic carbocycles. The normalized spacial score (nSPS) is 12.7. The van der Waals surface area contributed by atoms with Crippen molar-refractivity contribution in [2.45, 2.75) is 104 Å². The van der Waals surface area contributed by atoms with Gasteiger partial charge in [0, 0.05) is 6.42 Å². The summed E-state index contributed by atoms with van der Waals surface area (Å²) >= 11 is 0. The highest BCUT2D eigenvalue weighted by molar-refractivity contribution is 5.69. The molecule has 0 N–H and O–H groups in total. The maximum Gasteiger partial charge on any atom is 0.308 e. The van der Waals surface area contributed by atoms with E-state index in [-0.39, 0.29) is 5.97 Å². The van der Waals surface area contributed by atoms with Crippen LogP contribution >= 0.6 is 0 Å². The van der Waals surface area contributed by atoms with Gasteiger partial charge < -0.3 is 9.47 Å². The summed E-state index contributed by atoms with van der Waals surface area (Å²) in [5, 5.41) is 0. The van der Waals surface area contributed by atoms with E-state index in [9.17, 15) is 4.79 Å². The van der Waals surface area contributed by atoms with Gasteiger partial charge >= 0.3 is 5.97 Å². The summed E-state index contributed by atoms with van der Waals surface area (Å²) in [5.74, 6) is -0.171. The fourth-order valence-electron chi connectivity index (χ4n) is 2.62. The van der Waals surface area contributed by atoms with E-state index in [0.29, 0.717) is 13.0 Å². The maximum absolute atomic E-state index is 11.7. The van der Waals surface area contributed by atoms with Crippen molar-refractivity contribution >= 4 is 5.97 Å². The molecule has 1 atom stereocenters. The Labute approximate surface area is 167 Å². The van der Waals surface area contributed by atoms with Gasteiger partial charge in [-0.2, -0.15) is 0 Å². The van der Waals surface area contributed by atoms with Crippen LogP contribution in [0.15, 0.2) is 36.5 Å². The molecule has 27 heavy (non-hydrogen) atoms. The van der Waals surface area contributed by atoms with Crippen LogP contribution in [0.4, 0.5) is 0 Å². The van der Waals surface area contributed by atoms with Gasteiger partial charge in [-0.05, 0) is 52.4 Å². The van der Waals surface area contributed by atoms with Crippen LogP contribution in [-0.2, 0) is 14.3 Å². The van der Waals surface area contributed by atoms with E-state index >= 15 is 0 Å². The molecule has 0 rings (SSSR count). The summed E-state index contributed by atoms with van der Waals surface area (Å²) in [7, 11) is 0. The lowest BCUT2D eigenvalue weighted by Crippen LogP contribution is -2.18. The van der Waals surface area contributed by atoms with Crippen LogP contribution < -0.4 is 0 Å². The quantitative estimate of drug-likeness (QED) is 0.109. The monoisotopic (exact) mass is 378 g/mol. The van der Waals surface area contributed by atoms with Gasteiger partial charge in [0.1, 0.15) is 0 Å². The van der Waals surface area contributed by atoms with E-state index in [1.807, 2.05) is 6.92 Å². The predicted octanol–water partition coefficient (Wildman–Crippen LogP) is 7.28. The molecule has 0 aliphatic rings. The molecule has 0 bridgehead atoms. The van der Waals surface area contributed by atoms with Gasteiger partial charge in [0.2, 0.25) is 0 Å². The van der Waals surface area contributed by atoms with Crippen LogP contribution in [0.5, 0.6) is 0 Å². The zero-order valence-electron chi connectivity index (χ0n) is 18.0. The summed E-state index contributed by atoms with van der Waals surface area (Å²) in [4.78, 5) is 11.7. The minimum Gasteiger partial charge on any atom is -0.436 e. The van der Waals surface area contributed by atoms with Crippen LogP contribution in [0.2, 0.25) is 0 Å². The Balaban J connectivity index is 3.40. The molecule has 0 saturated carbocycles. The topological polar surface area (TPSA) is 35.5 Å². The number of carbonyl (C=O) groups excluding carboxylic acids is 1. The Morgan fingerprint density at radius 1 is 0.926 bits per heavy atom. The van der Waals surface area contributed by atoms with Crippen molar-refractivity contribution in [1.29, 1.82) is 0 Å². The van der Waals surface area contributed by atoms with Gasteiger partial charge in [-0.25, -0.2) is 0 Å². The third-order valence-electron chi connectivity index (χ3n) is 4.19. The van der Waals surface area contributed by atoms with Crippen LogP contribution in [0.1, 0.15) is 97.8 Å². The first-order valence-electron chi connectivity index (χ1n) is 10.8. The highest BCUT2D eigenvalue weighted by Crippen LogP contribution is 2.09. The second-order valence-corrected chi connectivity index (χ2v) is 7.31. The van der Waals surface area contributed by atoms with E-state index in [0.717, 1.165) is 31.3 Å². The summed E-state index contributed by atoms with van der Waals surface area (Å²) in [5.41, 5.74) is 0.923. The van der Waals surface area contributed by atoms with Gasteiger partial charge in [0.15, 0.2) is 6.29 Å². The van der Waals surface area contributed by atoms with Gasteiger partial charge in [-0.3, -0.25) is 4.79 Å². The van der Waals surface area contributed by atoms with Crippen molar-refractivity contribution in [3.63, 3.8) is 0 Å². The predicted molar refractivity (Wildman–Crippen MR) is 116 cm³/mol. The molecule has 0 heterocycles. The summed E-state index contributed by atoms with van der Waals surface area (Å²) in [6, 6.07) is 0. The summed E-state index contributed by atoms with van der Waals surface area (Å²) in [6.07, 6.45) is 22.1. The number of allylic oxidation sites excluding steroid dienone is 4. The molecule has 0 fully saturated rings. The van der Waals surface area contributed by atoms with E-state index in [1.165, 1.54) is 44.9 Å². The van der Waals surface area contributed by atoms with Gasteiger partial charge in [-0.15, -0.1) is 0 Å². The third-order valence-corrected chi connectivity index (χ3v) is 4.19. The maximum atomic E-state index is 11.7. The Hall–Kier alpha value is -1.35. The fourth-order valence-corrected chi connectivity index (χ4v) is 2.62. The van der Waals surface area contributed by atoms with Crippen molar-refractivity contribution in [3.8, 4) is 0 Å². The van der Waals surface area contributed by atoms with Crippen molar-refractivity contribution in [3.05, 3.63) is 36.5 Å². The molecule has 1 unspecified atom stereocenters. The highest BCUT2D eigenvalue weighted by atomic mass is 16.7. The van der Waals surface area contributed by atoms with Crippen LogP contribution in [0.25, 0.3) is 0 Å². The van der Waals surface area contributed by atoms with Gasteiger partial charge in [0.25, 0.3) is 0 Å². The largest absolute Gasteiger partial charge is 0.436 e. The van der Waals surface area contributed by atoms with Crippen LogP contribution in [0, 0.1) is 0 Å². The number of unbranched alkanes of at least 4 members (excludes halogenated alkanes) is 8. The minimum atomic E-state index is -0.493. The second-order valence-electron chi connectivity index (χ2n) is 7.31. The first-order chi connectivity index (χ1) is 13.1. The molecule has 0 radical (unpaired) electrons. The number of ether oxygens (including phenoxy) is 2. The van der Waals surface area contributed by atoms with Crippen LogP contribution in [0.3, 0.4) is 0 Å². The lowest BCUT2D eigenvalue weighted by molar-refractivity contribution is -0.173. The SMILES string of the molecule is C=C(C)COC(C)OC(=O)CCCCCCC/C=C\C/C=C\CCCCC. The first-order valence-corrected chi connectivity index (χ1v) is 10.8. The Morgan fingerprint density at radius 2 is 1.52 bits per heavy atom. The lowest BCUT2D eigenvalue weighted by atomic mass is 10.1. The molecule has 0 aromatic heterocycles. The fraction of sp³-hybridized carbons (Fsp3) is 0.708. The van der Waals surface area contributed by atoms with E-state index in [2.05, 4.69) is 37.8 Å². The van der Waals surface area contributed by atoms with Crippen molar-refractivity contribution in [2.75, 3.05) is 6.61 Å². The number of hydrogen-bond donors (Lipinski definition) is 0. The minimum absolute atomic E-state index is 0.171. The number of esters is 1. The van der Waals surface area contributed by atoms with Gasteiger partial charge in [-0.1, -0.05) is 75.5 Å². The molecule has 0 aliphatic heterocycles. The Kier molecular flexibility index (Phi) is 18.4. The van der Waals surface area contributed by atoms with Crippen molar-refractivity contribution in [1.82, 2.24) is 0 Å². The zero-order valence-corrected chi connectivity index (χ0v) is 18.0. The Bertz CT molecular complexity index is 423. The molecular weight excluding hydrogens is 336 g/mol. The molecule has 0 saturated heterocycles. The van der Waals surface area contributed by atoms with Gasteiger partial charge in [0.05, 0.1) is 6.61 Å². The molecule has 0 aliphatic carbocycles. The summed E-state index contributed by atoms with van der Waals surface area (Å²) in [6.45, 7) is 10.1. The average Bonchev–Trinajstić information content (AvgIpc) is 2.63. The molecule has 3 heteroatoms. The lowest BCUT2D eigenvalue weighted by Gasteiger charge is -2.14. The highest BCUT2D eigenvalue weighted by Gasteiger charge is 2.09. The average molecular weight is 379 g/mol. The van der Waals surface area contributed by atoms with E-state index in [4.69, 9.17) is 9.47 Å². The standard InChI is InChI=1S/C24H42O3/c1-5-6-7-8-9-10-11-12-13-14-15-16-17-18-19-20-24(25)27-23(4)26-21-22(2)3/h9-10,12-13,23H,2,5-8,11,14-21H2,1,3-4H3/b10-9-,13-12-. The first kappa shape index (κ1) is 25.6. The molecule has 156 valence electrons. The number of carbonyl (C=O) groups is 1. The number of hydrogen-bond acceptors (Lipinski definition) is 3. The third kappa shape index (κ3) is 20.8. The smallest absolute Gasteiger partial charge is 0.308 e. The van der Waals surface area contributed by atoms with Crippen molar-refractivity contribution in [2.24, 2.45) is 0 Å². The Morgan fingerprint density at radius 3 is 2.15 bits per heavy atom. The van der Waals surface area contributed by atoms with E-state index < -0.39 is 6.29 Å². The molecule has 3 nitrogen and oxygen atoms in total. The molecule has 0 amide bonds. The van der Waals surface area contributed by atoms with Crippen LogP contribution in [-0.4, -0.2) is 18.9 Å². The molecule has 0 aromatic rings. The van der Waals surface area contributed by atoms with Crippen molar-refractivity contribution < 1.29 is 14.3 Å². The molecular formula is C24H42O3. The number of rotatable bonds is 18. The zero-order chi connectivity index (χ0) is 20.2. The second kappa shape index (κ2) is 19.4. The summed E-state index contributed by atoms with van der Waals surface area (Å²) < 4.78 is 10.6. The molecule has 0 spiro atoms. The van der Waals surface area contributed by atoms with E-state index in [1.54, 1.807) is 6.92 Å².